The Balaban J connectivity index is 1.71. The van der Waals surface area contributed by atoms with E-state index in [0.29, 0.717) is 31.1 Å². The largest absolute Gasteiger partial charge is 0.482 e. The fraction of sp³-hybridized carbons (Fsp3) is 0.556. The molecule has 25 heavy (non-hydrogen) atoms. The van der Waals surface area contributed by atoms with Crippen molar-refractivity contribution in [2.24, 2.45) is 0 Å². The lowest BCUT2D eigenvalue weighted by molar-refractivity contribution is -0.142. The van der Waals surface area contributed by atoms with E-state index in [-0.39, 0.29) is 24.8 Å². The number of rotatable bonds is 5. The Kier molecular flexibility index (Phi) is 5.88. The smallest absolute Gasteiger partial charge is 0.343 e. The number of likely N-dealkylation sites (tertiary alicyclic amines) is 1. The number of benzene rings is 1. The first kappa shape index (κ1) is 17.7. The molecule has 0 saturated carbocycles. The normalized spacial score (nSPS) is 21.2. The maximum Gasteiger partial charge on any atom is 0.343 e. The van der Waals surface area contributed by atoms with Crippen LogP contribution in [-0.4, -0.2) is 62.6 Å². The standard InChI is InChI=1S/C18H23NO6/c1-22-16(20)12-25-14-6-4-5-13(11-14)17(21)19-8-3-2-7-15(19)18-23-9-10-24-18/h4-6,11,15,18H,2-3,7-10,12H2,1H3. The predicted octanol–water partition coefficient (Wildman–Crippen LogP) is 1.61. The molecular formula is C18H23NO6. The number of ether oxygens (including phenoxy) is 4. The Labute approximate surface area is 146 Å². The van der Waals surface area contributed by atoms with E-state index in [1.807, 2.05) is 4.90 Å². The van der Waals surface area contributed by atoms with Crippen LogP contribution >= 0.6 is 0 Å². The minimum atomic E-state index is -0.469. The van der Waals surface area contributed by atoms with Gasteiger partial charge in [-0.15, -0.1) is 0 Å². The topological polar surface area (TPSA) is 74.3 Å². The molecule has 1 aromatic carbocycles. The Bertz CT molecular complexity index is 613. The second kappa shape index (κ2) is 8.31. The van der Waals surface area contributed by atoms with Crippen LogP contribution in [0.1, 0.15) is 29.6 Å². The number of amides is 1. The van der Waals surface area contributed by atoms with E-state index in [2.05, 4.69) is 4.74 Å². The highest BCUT2D eigenvalue weighted by Crippen LogP contribution is 2.26. The summed E-state index contributed by atoms with van der Waals surface area (Å²) in [5.74, 6) is -0.0890. The van der Waals surface area contributed by atoms with E-state index in [1.54, 1.807) is 24.3 Å². The summed E-state index contributed by atoms with van der Waals surface area (Å²) >= 11 is 0. The summed E-state index contributed by atoms with van der Waals surface area (Å²) < 4.78 is 21.2. The molecule has 2 aliphatic rings. The Morgan fingerprint density at radius 2 is 2.04 bits per heavy atom. The number of esters is 1. The van der Waals surface area contributed by atoms with Crippen LogP contribution in [0.25, 0.3) is 0 Å². The molecule has 0 radical (unpaired) electrons. The number of piperidine rings is 1. The van der Waals surface area contributed by atoms with Gasteiger partial charge < -0.3 is 23.8 Å². The summed E-state index contributed by atoms with van der Waals surface area (Å²) in [6.45, 7) is 1.63. The summed E-state index contributed by atoms with van der Waals surface area (Å²) in [5.41, 5.74) is 0.521. The predicted molar refractivity (Wildman–Crippen MR) is 88.3 cm³/mol. The zero-order chi connectivity index (χ0) is 17.6. The van der Waals surface area contributed by atoms with E-state index in [1.165, 1.54) is 7.11 Å². The van der Waals surface area contributed by atoms with Gasteiger partial charge >= 0.3 is 5.97 Å². The lowest BCUT2D eigenvalue weighted by Crippen LogP contribution is -2.50. The van der Waals surface area contributed by atoms with Crippen LogP contribution in [-0.2, 0) is 19.0 Å². The third-order valence-corrected chi connectivity index (χ3v) is 4.44. The van der Waals surface area contributed by atoms with Gasteiger partial charge in [-0.1, -0.05) is 6.07 Å². The Morgan fingerprint density at radius 1 is 1.24 bits per heavy atom. The molecule has 136 valence electrons. The van der Waals surface area contributed by atoms with E-state index in [0.717, 1.165) is 19.3 Å². The summed E-state index contributed by atoms with van der Waals surface area (Å²) in [6.07, 6.45) is 2.55. The molecule has 0 aliphatic carbocycles. The monoisotopic (exact) mass is 349 g/mol. The summed E-state index contributed by atoms with van der Waals surface area (Å²) in [6, 6.07) is 6.77. The van der Waals surface area contributed by atoms with Crippen LogP contribution in [0.5, 0.6) is 5.75 Å². The van der Waals surface area contributed by atoms with E-state index in [9.17, 15) is 9.59 Å². The molecule has 0 N–H and O–H groups in total. The van der Waals surface area contributed by atoms with Gasteiger partial charge in [0, 0.05) is 12.1 Å². The highest BCUT2D eigenvalue weighted by molar-refractivity contribution is 5.95. The molecular weight excluding hydrogens is 326 g/mol. The van der Waals surface area contributed by atoms with E-state index >= 15 is 0 Å². The number of carbonyl (C=O) groups excluding carboxylic acids is 2. The van der Waals surface area contributed by atoms with Crippen LogP contribution in [0.15, 0.2) is 24.3 Å². The second-order valence-corrected chi connectivity index (χ2v) is 6.06. The van der Waals surface area contributed by atoms with Gasteiger partial charge in [0.25, 0.3) is 5.91 Å². The van der Waals surface area contributed by atoms with Gasteiger partial charge in [0.05, 0.1) is 26.4 Å². The third-order valence-electron chi connectivity index (χ3n) is 4.44. The quantitative estimate of drug-likeness (QED) is 0.752. The molecule has 0 bridgehead atoms. The molecule has 7 nitrogen and oxygen atoms in total. The van der Waals surface area contributed by atoms with Gasteiger partial charge in [0.15, 0.2) is 12.9 Å². The van der Waals surface area contributed by atoms with Crippen molar-refractivity contribution in [3.8, 4) is 5.75 Å². The molecule has 2 heterocycles. The molecule has 2 fully saturated rings. The highest BCUT2D eigenvalue weighted by atomic mass is 16.7. The third kappa shape index (κ3) is 4.29. The number of methoxy groups -OCH3 is 1. The van der Waals surface area contributed by atoms with Crippen LogP contribution in [0.2, 0.25) is 0 Å². The van der Waals surface area contributed by atoms with E-state index in [4.69, 9.17) is 14.2 Å². The maximum atomic E-state index is 13.0. The summed E-state index contributed by atoms with van der Waals surface area (Å²) in [5, 5.41) is 0. The molecule has 7 heteroatoms. The molecule has 2 aliphatic heterocycles. The lowest BCUT2D eigenvalue weighted by atomic mass is 10.00. The van der Waals surface area contributed by atoms with Gasteiger partial charge in [-0.05, 0) is 37.5 Å². The first-order chi connectivity index (χ1) is 12.2. The van der Waals surface area contributed by atoms with Crippen molar-refractivity contribution in [3.63, 3.8) is 0 Å². The van der Waals surface area contributed by atoms with Crippen molar-refractivity contribution >= 4 is 11.9 Å². The summed E-state index contributed by atoms with van der Waals surface area (Å²) in [7, 11) is 1.30. The van der Waals surface area contributed by atoms with Gasteiger partial charge in [0.2, 0.25) is 0 Å². The highest BCUT2D eigenvalue weighted by Gasteiger charge is 2.36. The van der Waals surface area contributed by atoms with Gasteiger partial charge in [-0.3, -0.25) is 4.79 Å². The Hall–Kier alpha value is -2.12. The first-order valence-electron chi connectivity index (χ1n) is 8.53. The van der Waals surface area contributed by atoms with Crippen molar-refractivity contribution in [1.29, 1.82) is 0 Å². The fourth-order valence-corrected chi connectivity index (χ4v) is 3.18. The molecule has 2 saturated heterocycles. The van der Waals surface area contributed by atoms with Crippen LogP contribution in [0.3, 0.4) is 0 Å². The van der Waals surface area contributed by atoms with Crippen molar-refractivity contribution < 1.29 is 28.5 Å². The number of nitrogens with zero attached hydrogens (tertiary/aromatic N) is 1. The molecule has 3 rings (SSSR count). The lowest BCUT2D eigenvalue weighted by Gasteiger charge is -2.38. The van der Waals surface area contributed by atoms with Crippen LogP contribution in [0, 0.1) is 0 Å². The molecule has 1 aromatic rings. The van der Waals surface area contributed by atoms with Gasteiger partial charge in [0.1, 0.15) is 5.75 Å². The van der Waals surface area contributed by atoms with Crippen LogP contribution < -0.4 is 4.74 Å². The Morgan fingerprint density at radius 3 is 2.80 bits per heavy atom. The van der Waals surface area contributed by atoms with Crippen molar-refractivity contribution in [3.05, 3.63) is 29.8 Å². The van der Waals surface area contributed by atoms with Gasteiger partial charge in [-0.25, -0.2) is 4.79 Å². The fourth-order valence-electron chi connectivity index (χ4n) is 3.18. The molecule has 1 amide bonds. The van der Waals surface area contributed by atoms with Crippen molar-refractivity contribution in [2.45, 2.75) is 31.6 Å². The number of carbonyl (C=O) groups is 2. The van der Waals surface area contributed by atoms with Crippen molar-refractivity contribution in [1.82, 2.24) is 4.90 Å². The minimum Gasteiger partial charge on any atom is -0.482 e. The minimum absolute atomic E-state index is 0.0663. The average molecular weight is 349 g/mol. The van der Waals surface area contributed by atoms with Crippen LogP contribution in [0.4, 0.5) is 0 Å². The molecule has 0 aromatic heterocycles. The molecule has 1 unspecified atom stereocenters. The zero-order valence-electron chi connectivity index (χ0n) is 14.3. The average Bonchev–Trinajstić information content (AvgIpc) is 3.20. The summed E-state index contributed by atoms with van der Waals surface area (Å²) in [4.78, 5) is 26.0. The number of hydrogen-bond donors (Lipinski definition) is 0. The first-order valence-corrected chi connectivity index (χ1v) is 8.53. The molecule has 0 spiro atoms. The maximum absolute atomic E-state index is 13.0. The molecule has 1 atom stereocenters. The zero-order valence-corrected chi connectivity index (χ0v) is 14.3. The number of hydrogen-bond acceptors (Lipinski definition) is 6. The van der Waals surface area contributed by atoms with Gasteiger partial charge in [-0.2, -0.15) is 0 Å². The SMILES string of the molecule is COC(=O)COc1cccc(C(=O)N2CCCCC2C2OCCO2)c1. The van der Waals surface area contributed by atoms with Crippen molar-refractivity contribution in [2.75, 3.05) is 33.5 Å². The van der Waals surface area contributed by atoms with E-state index < -0.39 is 5.97 Å². The second-order valence-electron chi connectivity index (χ2n) is 6.06.